The van der Waals surface area contributed by atoms with Crippen molar-refractivity contribution in [3.63, 3.8) is 0 Å². The van der Waals surface area contributed by atoms with Crippen LogP contribution in [0.5, 0.6) is 0 Å². The lowest BCUT2D eigenvalue weighted by Crippen LogP contribution is -2.48. The van der Waals surface area contributed by atoms with Gasteiger partial charge < -0.3 is 4.84 Å². The molecule has 2 aromatic carbocycles. The molecule has 0 radical (unpaired) electrons. The van der Waals surface area contributed by atoms with Gasteiger partial charge in [0.1, 0.15) is 0 Å². The van der Waals surface area contributed by atoms with Gasteiger partial charge >= 0.3 is 0 Å². The van der Waals surface area contributed by atoms with E-state index in [9.17, 15) is 0 Å². The highest BCUT2D eigenvalue weighted by molar-refractivity contribution is 5.89. The van der Waals surface area contributed by atoms with E-state index in [1.165, 1.54) is 53.9 Å². The number of rotatable bonds is 2. The van der Waals surface area contributed by atoms with Crippen LogP contribution in [0.25, 0.3) is 12.2 Å². The predicted octanol–water partition coefficient (Wildman–Crippen LogP) is 4.36. The highest BCUT2D eigenvalue weighted by Gasteiger charge is 2.32. The molecular formula is C22H22N2O. The minimum Gasteiger partial charge on any atom is -0.383 e. The fraction of sp³-hybridized carbons (Fsp3) is 0.318. The molecule has 2 bridgehead atoms. The number of oxime groups is 1. The SMILES string of the molecule is C1=Cc2ccccc2C(O/N=C2/CN3CCC2CC3)c2ccccc21. The summed E-state index contributed by atoms with van der Waals surface area (Å²) < 4.78 is 0. The molecule has 2 aromatic rings. The van der Waals surface area contributed by atoms with E-state index in [0.29, 0.717) is 5.92 Å². The summed E-state index contributed by atoms with van der Waals surface area (Å²) >= 11 is 0. The van der Waals surface area contributed by atoms with Gasteiger partial charge in [-0.1, -0.05) is 65.8 Å². The van der Waals surface area contributed by atoms with Crippen LogP contribution in [0.2, 0.25) is 0 Å². The van der Waals surface area contributed by atoms with Crippen molar-refractivity contribution in [2.75, 3.05) is 19.6 Å². The summed E-state index contributed by atoms with van der Waals surface area (Å²) in [5.41, 5.74) is 6.02. The topological polar surface area (TPSA) is 24.8 Å². The van der Waals surface area contributed by atoms with Gasteiger partial charge in [-0.15, -0.1) is 0 Å². The molecule has 0 amide bonds. The second-order valence-corrected chi connectivity index (χ2v) is 7.21. The predicted molar refractivity (Wildman–Crippen MR) is 101 cm³/mol. The molecule has 3 nitrogen and oxygen atoms in total. The van der Waals surface area contributed by atoms with Crippen molar-refractivity contribution in [3.8, 4) is 0 Å². The zero-order valence-corrected chi connectivity index (χ0v) is 14.3. The minimum absolute atomic E-state index is 0.148. The Morgan fingerprint density at radius 2 is 1.44 bits per heavy atom. The molecule has 4 aliphatic rings. The van der Waals surface area contributed by atoms with E-state index < -0.39 is 0 Å². The third-order valence-electron chi connectivity index (χ3n) is 5.72. The zero-order chi connectivity index (χ0) is 16.6. The molecule has 6 rings (SSSR count). The maximum atomic E-state index is 6.23. The zero-order valence-electron chi connectivity index (χ0n) is 14.3. The van der Waals surface area contributed by atoms with Gasteiger partial charge in [-0.25, -0.2) is 0 Å². The highest BCUT2D eigenvalue weighted by atomic mass is 16.6. The first-order chi connectivity index (χ1) is 12.4. The van der Waals surface area contributed by atoms with E-state index in [-0.39, 0.29) is 6.10 Å². The van der Waals surface area contributed by atoms with Crippen LogP contribution in [0.3, 0.4) is 0 Å². The van der Waals surface area contributed by atoms with Crippen LogP contribution in [0.1, 0.15) is 41.2 Å². The largest absolute Gasteiger partial charge is 0.383 e. The average molecular weight is 330 g/mol. The summed E-state index contributed by atoms with van der Waals surface area (Å²) in [5, 5.41) is 4.68. The normalized spacial score (nSPS) is 26.2. The van der Waals surface area contributed by atoms with Gasteiger partial charge in [0.05, 0.1) is 5.71 Å². The van der Waals surface area contributed by atoms with Crippen molar-refractivity contribution in [1.29, 1.82) is 0 Å². The van der Waals surface area contributed by atoms with Gasteiger partial charge in [-0.05, 0) is 37.1 Å². The van der Waals surface area contributed by atoms with Crippen molar-refractivity contribution >= 4 is 17.9 Å². The van der Waals surface area contributed by atoms with E-state index in [4.69, 9.17) is 4.84 Å². The summed E-state index contributed by atoms with van der Waals surface area (Å²) in [6.45, 7) is 3.39. The molecular weight excluding hydrogens is 308 g/mol. The quantitative estimate of drug-likeness (QED) is 0.764. The van der Waals surface area contributed by atoms with Crippen molar-refractivity contribution in [1.82, 2.24) is 4.90 Å². The van der Waals surface area contributed by atoms with Crippen LogP contribution in [0, 0.1) is 5.92 Å². The lowest BCUT2D eigenvalue weighted by Gasteiger charge is -2.39. The average Bonchev–Trinajstić information content (AvgIpc) is 2.84. The smallest absolute Gasteiger partial charge is 0.178 e. The first kappa shape index (κ1) is 14.9. The van der Waals surface area contributed by atoms with Gasteiger partial charge in [-0.2, -0.15) is 0 Å². The Hall–Kier alpha value is -2.39. The Balaban J connectivity index is 1.53. The number of piperidine rings is 3. The van der Waals surface area contributed by atoms with Crippen molar-refractivity contribution < 1.29 is 4.84 Å². The number of hydrogen-bond acceptors (Lipinski definition) is 3. The van der Waals surface area contributed by atoms with E-state index in [1.54, 1.807) is 0 Å². The second kappa shape index (κ2) is 6.16. The summed E-state index contributed by atoms with van der Waals surface area (Å²) in [7, 11) is 0. The van der Waals surface area contributed by atoms with E-state index >= 15 is 0 Å². The Labute approximate surface area is 148 Å². The summed E-state index contributed by atoms with van der Waals surface area (Å²) in [6, 6.07) is 16.9. The number of benzene rings is 2. The maximum Gasteiger partial charge on any atom is 0.178 e. The molecule has 0 N–H and O–H groups in total. The Morgan fingerprint density at radius 3 is 2.00 bits per heavy atom. The molecule has 1 aliphatic carbocycles. The third kappa shape index (κ3) is 2.69. The molecule has 0 aromatic heterocycles. The van der Waals surface area contributed by atoms with Crippen LogP contribution in [0.4, 0.5) is 0 Å². The standard InChI is InChI=1S/C22H22N2O/c1-3-7-19-16(5-1)9-10-17-6-2-4-8-20(17)22(19)25-23-21-15-24-13-11-18(21)12-14-24/h1-10,18,22H,11-15H2/b23-21-. The first-order valence-corrected chi connectivity index (χ1v) is 9.19. The molecule has 3 heteroatoms. The molecule has 3 heterocycles. The van der Waals surface area contributed by atoms with Crippen molar-refractivity contribution in [3.05, 3.63) is 70.8 Å². The Kier molecular flexibility index (Phi) is 3.67. The molecule has 0 saturated carbocycles. The Bertz CT molecular complexity index is 797. The molecule has 0 atom stereocenters. The van der Waals surface area contributed by atoms with E-state index in [2.05, 4.69) is 70.7 Å². The van der Waals surface area contributed by atoms with Gasteiger partial charge in [0.2, 0.25) is 0 Å². The van der Waals surface area contributed by atoms with Crippen LogP contribution in [0.15, 0.2) is 53.7 Å². The Morgan fingerprint density at radius 1 is 0.840 bits per heavy atom. The first-order valence-electron chi connectivity index (χ1n) is 9.19. The molecule has 3 saturated heterocycles. The van der Waals surface area contributed by atoms with Crippen LogP contribution >= 0.6 is 0 Å². The number of fused-ring (bicyclic) bond motifs is 5. The molecule has 3 aliphatic heterocycles. The fourth-order valence-electron chi connectivity index (χ4n) is 4.27. The maximum absolute atomic E-state index is 6.23. The lowest BCUT2D eigenvalue weighted by molar-refractivity contribution is 0.0798. The van der Waals surface area contributed by atoms with Crippen LogP contribution in [-0.2, 0) is 4.84 Å². The summed E-state index contributed by atoms with van der Waals surface area (Å²) in [5.74, 6) is 0.611. The summed E-state index contributed by atoms with van der Waals surface area (Å²) in [4.78, 5) is 8.71. The molecule has 0 spiro atoms. The van der Waals surface area contributed by atoms with Gasteiger partial charge in [0, 0.05) is 23.6 Å². The van der Waals surface area contributed by atoms with E-state index in [1.807, 2.05) is 0 Å². The summed E-state index contributed by atoms with van der Waals surface area (Å²) in [6.07, 6.45) is 6.66. The third-order valence-corrected chi connectivity index (χ3v) is 5.72. The van der Waals surface area contributed by atoms with E-state index in [0.717, 1.165) is 6.54 Å². The molecule has 3 fully saturated rings. The van der Waals surface area contributed by atoms with Crippen LogP contribution in [-0.4, -0.2) is 30.2 Å². The highest BCUT2D eigenvalue weighted by Crippen LogP contribution is 2.36. The van der Waals surface area contributed by atoms with Crippen LogP contribution < -0.4 is 0 Å². The minimum atomic E-state index is -0.148. The molecule has 0 unspecified atom stereocenters. The second-order valence-electron chi connectivity index (χ2n) is 7.21. The van der Waals surface area contributed by atoms with Crippen molar-refractivity contribution in [2.45, 2.75) is 18.9 Å². The molecule has 126 valence electrons. The van der Waals surface area contributed by atoms with Gasteiger partial charge in [0.15, 0.2) is 6.10 Å². The number of nitrogens with zero attached hydrogens (tertiary/aromatic N) is 2. The lowest BCUT2D eigenvalue weighted by atomic mass is 9.87. The van der Waals surface area contributed by atoms with Gasteiger partial charge in [-0.3, -0.25) is 4.90 Å². The number of hydrogen-bond donors (Lipinski definition) is 0. The molecule has 25 heavy (non-hydrogen) atoms. The monoisotopic (exact) mass is 330 g/mol. The van der Waals surface area contributed by atoms with Crippen molar-refractivity contribution in [2.24, 2.45) is 11.1 Å². The fourth-order valence-corrected chi connectivity index (χ4v) is 4.27. The van der Waals surface area contributed by atoms with Gasteiger partial charge in [0.25, 0.3) is 0 Å².